The number of carbonyl (C=O) groups is 1. The van der Waals surface area contributed by atoms with Crippen molar-refractivity contribution in [3.8, 4) is 11.5 Å². The fourth-order valence-electron chi connectivity index (χ4n) is 5.35. The Morgan fingerprint density at radius 3 is 2.54 bits per heavy atom. The van der Waals surface area contributed by atoms with Crippen molar-refractivity contribution in [2.75, 3.05) is 23.8 Å². The second kappa shape index (κ2) is 11.4. The molecular weight excluding hydrogens is 498 g/mol. The lowest BCUT2D eigenvalue weighted by Crippen LogP contribution is -2.58. The third-order valence-electron chi connectivity index (χ3n) is 7.31. The third-order valence-corrected chi connectivity index (χ3v) is 7.31. The van der Waals surface area contributed by atoms with Gasteiger partial charge in [0.25, 0.3) is 5.91 Å². The van der Waals surface area contributed by atoms with E-state index in [1.807, 2.05) is 54.6 Å². The van der Waals surface area contributed by atoms with Crippen LogP contribution >= 0.6 is 0 Å². The summed E-state index contributed by atoms with van der Waals surface area (Å²) in [6, 6.07) is 17.2. The highest BCUT2D eigenvalue weighted by atomic mass is 16.5. The molecule has 0 spiro atoms. The molecule has 0 aliphatic carbocycles. The van der Waals surface area contributed by atoms with Gasteiger partial charge in [0.05, 0.1) is 12.2 Å². The van der Waals surface area contributed by atoms with Gasteiger partial charge in [0.1, 0.15) is 35.7 Å². The first-order valence-corrected chi connectivity index (χ1v) is 13.1. The van der Waals surface area contributed by atoms with Crippen LogP contribution in [0.25, 0.3) is 5.57 Å². The van der Waals surface area contributed by atoms with Gasteiger partial charge in [-0.05, 0) is 61.6 Å². The van der Waals surface area contributed by atoms with Gasteiger partial charge in [-0.3, -0.25) is 4.79 Å². The number of carbonyl (C=O) groups excluding carboxylic acids is 1. The van der Waals surface area contributed by atoms with E-state index in [9.17, 15) is 20.1 Å². The van der Waals surface area contributed by atoms with Crippen LogP contribution in [0.1, 0.15) is 37.3 Å². The van der Waals surface area contributed by atoms with Gasteiger partial charge < -0.3 is 35.6 Å². The lowest BCUT2D eigenvalue weighted by atomic mass is 9.97. The Kier molecular flexibility index (Phi) is 7.78. The highest BCUT2D eigenvalue weighted by Gasteiger charge is 2.39. The number of aromatic nitrogens is 2. The molecule has 10 nitrogen and oxygen atoms in total. The third kappa shape index (κ3) is 5.44. The molecule has 5 N–H and O–H groups in total. The number of piperidine rings is 1. The number of nitrogens with zero attached hydrogens (tertiary/aromatic N) is 4. The topological polar surface area (TPSA) is 145 Å². The number of nitrogens with two attached hydrogens (primary N) is 1. The van der Waals surface area contributed by atoms with Crippen LogP contribution < -0.4 is 15.4 Å². The van der Waals surface area contributed by atoms with Crippen molar-refractivity contribution in [3.63, 3.8) is 0 Å². The highest BCUT2D eigenvalue weighted by molar-refractivity contribution is 5.91. The van der Waals surface area contributed by atoms with Crippen LogP contribution in [0.3, 0.4) is 0 Å². The molecule has 10 heteroatoms. The minimum absolute atomic E-state index is 0.00352. The van der Waals surface area contributed by atoms with Gasteiger partial charge in [-0.2, -0.15) is 0 Å². The average molecular weight is 532 g/mol. The zero-order valence-electron chi connectivity index (χ0n) is 21.7. The van der Waals surface area contributed by atoms with E-state index in [4.69, 9.17) is 10.5 Å². The summed E-state index contributed by atoms with van der Waals surface area (Å²) in [4.78, 5) is 25.0. The van der Waals surface area contributed by atoms with Crippen LogP contribution in [0.4, 0.5) is 11.6 Å². The zero-order valence-corrected chi connectivity index (χ0v) is 21.7. The standard InChI is InChI=1S/C29H33N5O5/c1-18-7-13-23(19-8-11-22(12-9-19)39-21-5-3-2-4-6-21)26-27(30)31-17-32-28(26)34(18)20-10-14-25(37)33(15-20)29(38)24(36)16-35/h2-6,8-9,11-13,17-18,20,24-25,35-37H,7,10,14-16H2,1H3,(H2,30,31,32). The van der Waals surface area contributed by atoms with Crippen molar-refractivity contribution in [3.05, 3.63) is 78.1 Å². The Hall–Kier alpha value is -3.99. The summed E-state index contributed by atoms with van der Waals surface area (Å²) in [7, 11) is 0. The SMILES string of the molecule is CC1CC=C(c2ccc(Oc3ccccc3)cc2)c2c(N)ncnc2N1C1CCC(O)N(C(=O)C(O)CO)C1. The summed E-state index contributed by atoms with van der Waals surface area (Å²) in [5.74, 6) is 1.76. The summed E-state index contributed by atoms with van der Waals surface area (Å²) >= 11 is 0. The second-order valence-electron chi connectivity index (χ2n) is 9.91. The minimum Gasteiger partial charge on any atom is -0.457 e. The maximum absolute atomic E-state index is 12.7. The van der Waals surface area contributed by atoms with Crippen molar-refractivity contribution < 1.29 is 24.9 Å². The molecule has 3 heterocycles. The van der Waals surface area contributed by atoms with Crippen LogP contribution in [0.15, 0.2) is 67.0 Å². The smallest absolute Gasteiger partial charge is 0.255 e. The number of hydrogen-bond acceptors (Lipinski definition) is 9. The fraction of sp³-hybridized carbons (Fsp3) is 0.345. The molecule has 204 valence electrons. The largest absolute Gasteiger partial charge is 0.457 e. The van der Waals surface area contributed by atoms with Crippen molar-refractivity contribution in [1.82, 2.24) is 14.9 Å². The van der Waals surface area contributed by atoms with Crippen LogP contribution in [-0.2, 0) is 4.79 Å². The molecule has 1 fully saturated rings. The molecule has 0 radical (unpaired) electrons. The fourth-order valence-corrected chi connectivity index (χ4v) is 5.35. The van der Waals surface area contributed by atoms with Crippen molar-refractivity contribution >= 4 is 23.1 Å². The summed E-state index contributed by atoms with van der Waals surface area (Å²) in [6.45, 7) is 1.55. The highest BCUT2D eigenvalue weighted by Crippen LogP contribution is 2.40. The van der Waals surface area contributed by atoms with Crippen LogP contribution in [0.2, 0.25) is 0 Å². The summed E-state index contributed by atoms with van der Waals surface area (Å²) in [5.41, 5.74) is 9.01. The number of benzene rings is 2. The zero-order chi connectivity index (χ0) is 27.5. The number of fused-ring (bicyclic) bond motifs is 1. The van der Waals surface area contributed by atoms with Gasteiger partial charge >= 0.3 is 0 Å². The van der Waals surface area contributed by atoms with E-state index in [1.165, 1.54) is 11.2 Å². The Morgan fingerprint density at radius 1 is 1.10 bits per heavy atom. The molecule has 5 rings (SSSR count). The Balaban J connectivity index is 1.46. The van der Waals surface area contributed by atoms with E-state index in [0.29, 0.717) is 42.2 Å². The van der Waals surface area contributed by atoms with Crippen LogP contribution in [0.5, 0.6) is 11.5 Å². The first kappa shape index (κ1) is 26.6. The number of nitrogen functional groups attached to an aromatic ring is 1. The normalized spacial score (nSPS) is 21.9. The van der Waals surface area contributed by atoms with Crippen LogP contribution in [-0.4, -0.2) is 73.7 Å². The van der Waals surface area contributed by atoms with Gasteiger partial charge in [-0.25, -0.2) is 9.97 Å². The first-order chi connectivity index (χ1) is 18.9. The molecule has 4 unspecified atom stereocenters. The molecule has 1 saturated heterocycles. The minimum atomic E-state index is -1.58. The number of ether oxygens (including phenoxy) is 1. The molecule has 2 aliphatic rings. The maximum Gasteiger partial charge on any atom is 0.255 e. The molecule has 3 aromatic rings. The van der Waals surface area contributed by atoms with Gasteiger partial charge in [0.2, 0.25) is 0 Å². The first-order valence-electron chi connectivity index (χ1n) is 13.1. The predicted molar refractivity (Wildman–Crippen MR) is 147 cm³/mol. The van der Waals surface area contributed by atoms with E-state index >= 15 is 0 Å². The molecule has 0 saturated carbocycles. The molecular formula is C29H33N5O5. The van der Waals surface area contributed by atoms with Gasteiger partial charge in [0, 0.05) is 18.6 Å². The van der Waals surface area contributed by atoms with Gasteiger partial charge in [-0.15, -0.1) is 0 Å². The number of amides is 1. The van der Waals surface area contributed by atoms with Crippen molar-refractivity contribution in [1.29, 1.82) is 0 Å². The van der Waals surface area contributed by atoms with Gasteiger partial charge in [0.15, 0.2) is 6.10 Å². The number of hydrogen-bond donors (Lipinski definition) is 4. The molecule has 4 atom stereocenters. The number of rotatable bonds is 6. The van der Waals surface area contributed by atoms with E-state index in [1.54, 1.807) is 0 Å². The monoisotopic (exact) mass is 531 g/mol. The lowest BCUT2D eigenvalue weighted by molar-refractivity contribution is -0.156. The average Bonchev–Trinajstić information content (AvgIpc) is 3.10. The molecule has 2 aromatic carbocycles. The number of aliphatic hydroxyl groups excluding tert-OH is 3. The maximum atomic E-state index is 12.7. The number of likely N-dealkylation sites (tertiary alicyclic amines) is 1. The van der Waals surface area contributed by atoms with Crippen LogP contribution in [0, 0.1) is 0 Å². The Labute approximate surface area is 227 Å². The molecule has 39 heavy (non-hydrogen) atoms. The Bertz CT molecular complexity index is 1330. The Morgan fingerprint density at radius 2 is 1.82 bits per heavy atom. The van der Waals surface area contributed by atoms with E-state index in [-0.39, 0.29) is 18.6 Å². The molecule has 0 bridgehead atoms. The summed E-state index contributed by atoms with van der Waals surface area (Å²) in [5, 5.41) is 29.7. The van der Waals surface area contributed by atoms with E-state index < -0.39 is 24.8 Å². The lowest BCUT2D eigenvalue weighted by Gasteiger charge is -2.45. The second-order valence-corrected chi connectivity index (χ2v) is 9.91. The molecule has 1 aromatic heterocycles. The molecule has 1 amide bonds. The number of anilines is 2. The number of para-hydroxylation sites is 1. The van der Waals surface area contributed by atoms with E-state index in [2.05, 4.69) is 27.9 Å². The summed E-state index contributed by atoms with van der Waals surface area (Å²) in [6.07, 6.45) is 2.58. The van der Waals surface area contributed by atoms with Crippen molar-refractivity contribution in [2.45, 2.75) is 50.6 Å². The predicted octanol–water partition coefficient (Wildman–Crippen LogP) is 2.54. The van der Waals surface area contributed by atoms with Crippen molar-refractivity contribution in [2.24, 2.45) is 0 Å². The summed E-state index contributed by atoms with van der Waals surface area (Å²) < 4.78 is 5.95. The quantitative estimate of drug-likeness (QED) is 0.377. The van der Waals surface area contributed by atoms with Gasteiger partial charge in [-0.1, -0.05) is 36.4 Å². The molecule has 2 aliphatic heterocycles. The number of aliphatic hydroxyl groups is 3. The van der Waals surface area contributed by atoms with E-state index in [0.717, 1.165) is 16.9 Å².